The Morgan fingerprint density at radius 3 is 2.35 bits per heavy atom. The van der Waals surface area contributed by atoms with Crippen molar-refractivity contribution in [2.24, 2.45) is 0 Å². The summed E-state index contributed by atoms with van der Waals surface area (Å²) >= 11 is 1.44. The minimum Gasteiger partial charge on any atom is -0.361 e. The van der Waals surface area contributed by atoms with E-state index in [0.717, 1.165) is 16.1 Å². The standard InChI is InChI=1S/C19H24N2O4S/c1-12-5-9-18(26-12)17(23)8-6-15(22)7-10-19(24)21(4)11-16-13(2)20-25-14(16)3/h5,9H,6-8,10-11H2,1-4H3. The topological polar surface area (TPSA) is 80.5 Å². The quantitative estimate of drug-likeness (QED) is 0.624. The molecule has 0 unspecified atom stereocenters. The highest BCUT2D eigenvalue weighted by Gasteiger charge is 2.17. The number of ketones is 2. The Bertz CT molecular complexity index is 787. The molecule has 0 spiro atoms. The van der Waals surface area contributed by atoms with Crippen LogP contribution in [0.25, 0.3) is 0 Å². The third-order valence-corrected chi connectivity index (χ3v) is 5.31. The van der Waals surface area contributed by atoms with E-state index in [9.17, 15) is 14.4 Å². The molecule has 2 heterocycles. The van der Waals surface area contributed by atoms with Crippen LogP contribution in [-0.4, -0.2) is 34.6 Å². The average molecular weight is 376 g/mol. The van der Waals surface area contributed by atoms with E-state index in [0.29, 0.717) is 17.2 Å². The number of carbonyl (C=O) groups excluding carboxylic acids is 3. The Morgan fingerprint density at radius 2 is 1.77 bits per heavy atom. The molecule has 2 aromatic rings. The summed E-state index contributed by atoms with van der Waals surface area (Å²) < 4.78 is 5.09. The largest absolute Gasteiger partial charge is 0.361 e. The van der Waals surface area contributed by atoms with Crippen LogP contribution in [0.1, 0.15) is 57.2 Å². The number of aromatic nitrogens is 1. The Labute approximate surface area is 157 Å². The molecule has 0 aliphatic carbocycles. The van der Waals surface area contributed by atoms with Crippen LogP contribution in [-0.2, 0) is 16.1 Å². The second-order valence-electron chi connectivity index (χ2n) is 6.42. The SMILES string of the molecule is Cc1ccc(C(=O)CCC(=O)CCC(=O)N(C)Cc2c(C)noc2C)s1. The maximum atomic E-state index is 12.2. The molecule has 1 amide bonds. The van der Waals surface area contributed by atoms with Crippen LogP contribution in [0.4, 0.5) is 0 Å². The molecule has 0 bridgehead atoms. The zero-order chi connectivity index (χ0) is 19.3. The predicted molar refractivity (Wildman–Crippen MR) is 99.3 cm³/mol. The predicted octanol–water partition coefficient (Wildman–Crippen LogP) is 3.63. The summed E-state index contributed by atoms with van der Waals surface area (Å²) in [5, 5.41) is 3.87. The zero-order valence-corrected chi connectivity index (χ0v) is 16.4. The van der Waals surface area contributed by atoms with Crippen molar-refractivity contribution in [1.29, 1.82) is 0 Å². The van der Waals surface area contributed by atoms with Gasteiger partial charge in [-0.05, 0) is 32.9 Å². The number of rotatable bonds is 9. The van der Waals surface area contributed by atoms with E-state index >= 15 is 0 Å². The summed E-state index contributed by atoms with van der Waals surface area (Å²) in [6, 6.07) is 3.69. The van der Waals surface area contributed by atoms with Crippen LogP contribution >= 0.6 is 11.3 Å². The third-order valence-electron chi connectivity index (χ3n) is 4.27. The number of thiophene rings is 1. The van der Waals surface area contributed by atoms with Crippen molar-refractivity contribution in [2.75, 3.05) is 7.05 Å². The fourth-order valence-corrected chi connectivity index (χ4v) is 3.41. The summed E-state index contributed by atoms with van der Waals surface area (Å²) in [4.78, 5) is 39.6. The third kappa shape index (κ3) is 5.36. The monoisotopic (exact) mass is 376 g/mol. The first-order valence-corrected chi connectivity index (χ1v) is 9.36. The lowest BCUT2D eigenvalue weighted by Crippen LogP contribution is -2.27. The van der Waals surface area contributed by atoms with Crippen molar-refractivity contribution in [3.63, 3.8) is 0 Å². The van der Waals surface area contributed by atoms with Gasteiger partial charge in [-0.15, -0.1) is 11.3 Å². The van der Waals surface area contributed by atoms with Crippen molar-refractivity contribution >= 4 is 28.8 Å². The van der Waals surface area contributed by atoms with Gasteiger partial charge in [0.1, 0.15) is 11.5 Å². The zero-order valence-electron chi connectivity index (χ0n) is 15.6. The number of nitrogens with zero attached hydrogens (tertiary/aromatic N) is 2. The van der Waals surface area contributed by atoms with E-state index in [1.54, 1.807) is 18.0 Å². The molecule has 0 N–H and O–H groups in total. The van der Waals surface area contributed by atoms with Crippen LogP contribution in [0.5, 0.6) is 0 Å². The van der Waals surface area contributed by atoms with Crippen LogP contribution in [0, 0.1) is 20.8 Å². The summed E-state index contributed by atoms with van der Waals surface area (Å²) in [5.74, 6) is 0.503. The molecule has 2 rings (SSSR count). The molecule has 2 aromatic heterocycles. The van der Waals surface area contributed by atoms with Gasteiger partial charge in [0.2, 0.25) is 5.91 Å². The Hall–Kier alpha value is -2.28. The summed E-state index contributed by atoms with van der Waals surface area (Å²) in [7, 11) is 1.70. The summed E-state index contributed by atoms with van der Waals surface area (Å²) in [5.41, 5.74) is 1.66. The van der Waals surface area contributed by atoms with E-state index in [1.165, 1.54) is 11.3 Å². The van der Waals surface area contributed by atoms with Gasteiger partial charge in [-0.3, -0.25) is 14.4 Å². The molecule has 0 aliphatic heterocycles. The maximum absolute atomic E-state index is 12.2. The Kier molecular flexibility index (Phi) is 6.85. The van der Waals surface area contributed by atoms with Crippen molar-refractivity contribution < 1.29 is 18.9 Å². The van der Waals surface area contributed by atoms with Gasteiger partial charge in [-0.1, -0.05) is 5.16 Å². The fraction of sp³-hybridized carbons (Fsp3) is 0.474. The Balaban J connectivity index is 1.74. The first-order chi connectivity index (χ1) is 12.3. The Morgan fingerprint density at radius 1 is 1.08 bits per heavy atom. The van der Waals surface area contributed by atoms with Crippen molar-refractivity contribution in [3.8, 4) is 0 Å². The number of hydrogen-bond acceptors (Lipinski definition) is 6. The molecule has 0 saturated carbocycles. The number of hydrogen-bond donors (Lipinski definition) is 0. The van der Waals surface area contributed by atoms with Gasteiger partial charge in [0.05, 0.1) is 17.1 Å². The van der Waals surface area contributed by atoms with Crippen LogP contribution in [0.15, 0.2) is 16.7 Å². The average Bonchev–Trinajstić information content (AvgIpc) is 3.17. The van der Waals surface area contributed by atoms with Crippen LogP contribution < -0.4 is 0 Å². The number of aryl methyl sites for hydroxylation is 3. The lowest BCUT2D eigenvalue weighted by Gasteiger charge is -2.16. The molecule has 0 aromatic carbocycles. The summed E-state index contributed by atoms with van der Waals surface area (Å²) in [6.07, 6.45) is 0.672. The van der Waals surface area contributed by atoms with Gasteiger partial charge in [0.25, 0.3) is 0 Å². The van der Waals surface area contributed by atoms with E-state index in [2.05, 4.69) is 5.16 Å². The van der Waals surface area contributed by atoms with E-state index in [-0.39, 0.29) is 43.2 Å². The molecule has 6 nitrogen and oxygen atoms in total. The highest BCUT2D eigenvalue weighted by molar-refractivity contribution is 7.14. The number of carbonyl (C=O) groups is 3. The highest BCUT2D eigenvalue weighted by atomic mass is 32.1. The van der Waals surface area contributed by atoms with Gasteiger partial charge in [-0.25, -0.2) is 0 Å². The summed E-state index contributed by atoms with van der Waals surface area (Å²) in [6.45, 7) is 5.99. The lowest BCUT2D eigenvalue weighted by atomic mass is 10.1. The minimum absolute atomic E-state index is 0.0155. The first-order valence-electron chi connectivity index (χ1n) is 8.55. The molecule has 26 heavy (non-hydrogen) atoms. The van der Waals surface area contributed by atoms with E-state index in [4.69, 9.17) is 4.52 Å². The number of amides is 1. The molecular formula is C19H24N2O4S. The molecule has 7 heteroatoms. The van der Waals surface area contributed by atoms with Crippen LogP contribution in [0.3, 0.4) is 0 Å². The molecule has 0 aliphatic rings. The molecular weight excluding hydrogens is 352 g/mol. The highest BCUT2D eigenvalue weighted by Crippen LogP contribution is 2.18. The van der Waals surface area contributed by atoms with Gasteiger partial charge in [0.15, 0.2) is 5.78 Å². The molecule has 0 fully saturated rings. The normalized spacial score (nSPS) is 10.8. The molecule has 0 atom stereocenters. The van der Waals surface area contributed by atoms with E-state index in [1.807, 2.05) is 26.8 Å². The fourth-order valence-electron chi connectivity index (χ4n) is 2.58. The van der Waals surface area contributed by atoms with Crippen molar-refractivity contribution in [3.05, 3.63) is 38.9 Å². The molecule has 140 valence electrons. The van der Waals surface area contributed by atoms with Gasteiger partial charge in [-0.2, -0.15) is 0 Å². The first kappa shape index (κ1) is 20.0. The van der Waals surface area contributed by atoms with Gasteiger partial charge >= 0.3 is 0 Å². The lowest BCUT2D eigenvalue weighted by molar-refractivity contribution is -0.132. The van der Waals surface area contributed by atoms with Gasteiger partial charge in [0, 0.05) is 43.2 Å². The van der Waals surface area contributed by atoms with Crippen molar-refractivity contribution in [2.45, 2.75) is 53.0 Å². The van der Waals surface area contributed by atoms with Crippen molar-refractivity contribution in [1.82, 2.24) is 10.1 Å². The number of Topliss-reactive ketones (excluding diaryl/α,β-unsaturated/α-hetero) is 2. The minimum atomic E-state index is -0.112. The second kappa shape index (κ2) is 8.89. The van der Waals surface area contributed by atoms with E-state index < -0.39 is 0 Å². The second-order valence-corrected chi connectivity index (χ2v) is 7.71. The smallest absolute Gasteiger partial charge is 0.223 e. The molecule has 0 saturated heterocycles. The van der Waals surface area contributed by atoms with Crippen LogP contribution in [0.2, 0.25) is 0 Å². The maximum Gasteiger partial charge on any atom is 0.223 e. The van der Waals surface area contributed by atoms with Gasteiger partial charge < -0.3 is 9.42 Å². The molecule has 0 radical (unpaired) electrons.